The van der Waals surface area contributed by atoms with Gasteiger partial charge in [-0.2, -0.15) is 0 Å². The van der Waals surface area contributed by atoms with Crippen LogP contribution in [0, 0.1) is 0 Å². The number of pyridine rings is 1. The highest BCUT2D eigenvalue weighted by Crippen LogP contribution is 2.19. The number of nitrogens with zero attached hydrogens (tertiary/aromatic N) is 1. The molecule has 0 aliphatic carbocycles. The maximum Gasteiger partial charge on any atom is 0.338 e. The average Bonchev–Trinajstić information content (AvgIpc) is 2.79. The highest BCUT2D eigenvalue weighted by Gasteiger charge is 2.20. The fourth-order valence-corrected chi connectivity index (χ4v) is 2.89. The number of aromatic nitrogens is 1. The van der Waals surface area contributed by atoms with Crippen molar-refractivity contribution in [3.63, 3.8) is 0 Å². The van der Waals surface area contributed by atoms with E-state index in [1.165, 1.54) is 24.4 Å². The van der Waals surface area contributed by atoms with Crippen LogP contribution in [0.1, 0.15) is 22.8 Å². The molecule has 7 nitrogen and oxygen atoms in total. The van der Waals surface area contributed by atoms with Crippen LogP contribution in [0.15, 0.2) is 78.5 Å². The molecule has 3 aromatic rings. The minimum absolute atomic E-state index is 0.157. The van der Waals surface area contributed by atoms with Crippen LogP contribution in [-0.4, -0.2) is 29.4 Å². The lowest BCUT2D eigenvalue weighted by atomic mass is 10.1. The molecule has 1 heterocycles. The lowest BCUT2D eigenvalue weighted by molar-refractivity contribution is -0.118. The first kappa shape index (κ1) is 22.7. The summed E-state index contributed by atoms with van der Waals surface area (Å²) in [4.78, 5) is 41.7. The van der Waals surface area contributed by atoms with E-state index in [2.05, 4.69) is 15.6 Å². The third kappa shape index (κ3) is 6.02. The summed E-state index contributed by atoms with van der Waals surface area (Å²) >= 11 is 6.11. The van der Waals surface area contributed by atoms with Gasteiger partial charge in [-0.25, -0.2) is 9.78 Å². The quantitative estimate of drug-likeness (QED) is 0.181. The maximum absolute atomic E-state index is 13.0. The van der Waals surface area contributed by atoms with Crippen LogP contribution in [0.4, 0.5) is 11.4 Å². The Labute approximate surface area is 190 Å². The van der Waals surface area contributed by atoms with E-state index in [0.29, 0.717) is 22.5 Å². The Morgan fingerprint density at radius 1 is 0.906 bits per heavy atom. The summed E-state index contributed by atoms with van der Waals surface area (Å²) in [5.41, 5.74) is 1.54. The smallest absolute Gasteiger partial charge is 0.338 e. The Morgan fingerprint density at radius 3 is 2.12 bits per heavy atom. The van der Waals surface area contributed by atoms with E-state index in [0.717, 1.165) is 0 Å². The number of ether oxygens (including phenoxy) is 1. The number of carbonyl (C=O) groups is 3. The van der Waals surface area contributed by atoms with Gasteiger partial charge in [0.15, 0.2) is 0 Å². The first-order valence-electron chi connectivity index (χ1n) is 9.75. The van der Waals surface area contributed by atoms with Gasteiger partial charge in [-0.05, 0) is 55.5 Å². The van der Waals surface area contributed by atoms with Gasteiger partial charge in [-0.15, -0.1) is 0 Å². The molecule has 2 N–H and O–H groups in total. The topological polar surface area (TPSA) is 97.4 Å². The zero-order valence-corrected chi connectivity index (χ0v) is 17.9. The Balaban J connectivity index is 1.85. The molecular formula is C24H20ClN3O4. The van der Waals surface area contributed by atoms with Crippen LogP contribution < -0.4 is 10.6 Å². The number of hydrogen-bond acceptors (Lipinski definition) is 5. The molecule has 0 fully saturated rings. The van der Waals surface area contributed by atoms with Gasteiger partial charge in [0.2, 0.25) is 0 Å². The van der Waals surface area contributed by atoms with E-state index in [1.54, 1.807) is 55.5 Å². The predicted octanol–water partition coefficient (Wildman–Crippen LogP) is 4.57. The van der Waals surface area contributed by atoms with Crippen molar-refractivity contribution in [1.82, 2.24) is 4.98 Å². The Morgan fingerprint density at radius 2 is 1.53 bits per heavy atom. The standard InChI is InChI=1S/C24H20ClN3O4/c1-2-32-24(31)16-10-12-19(13-11-16)28-23(30)20(15-17-7-6-14-26-21(17)25)22(29)27-18-8-4-3-5-9-18/h3-15H,2H2,1H3,(H,27,29)(H,28,30). The molecule has 8 heteroatoms. The molecule has 0 atom stereocenters. The first-order chi connectivity index (χ1) is 15.5. The van der Waals surface area contributed by atoms with Crippen LogP contribution in [-0.2, 0) is 14.3 Å². The molecule has 32 heavy (non-hydrogen) atoms. The summed E-state index contributed by atoms with van der Waals surface area (Å²) in [6.45, 7) is 1.98. The largest absolute Gasteiger partial charge is 0.462 e. The van der Waals surface area contributed by atoms with Crippen LogP contribution in [0.25, 0.3) is 6.08 Å². The summed E-state index contributed by atoms with van der Waals surface area (Å²) in [5, 5.41) is 5.51. The second-order valence-electron chi connectivity index (χ2n) is 6.51. The number of halogens is 1. The fraction of sp³-hybridized carbons (Fsp3) is 0.0833. The van der Waals surface area contributed by atoms with Crippen LogP contribution >= 0.6 is 11.6 Å². The second kappa shape index (κ2) is 10.9. The van der Waals surface area contributed by atoms with Crippen molar-refractivity contribution in [1.29, 1.82) is 0 Å². The number of anilines is 2. The predicted molar refractivity (Wildman–Crippen MR) is 123 cm³/mol. The summed E-state index contributed by atoms with van der Waals surface area (Å²) in [7, 11) is 0. The molecule has 1 aromatic heterocycles. The minimum Gasteiger partial charge on any atom is -0.462 e. The van der Waals surface area contributed by atoms with Gasteiger partial charge in [0, 0.05) is 23.1 Å². The van der Waals surface area contributed by atoms with Gasteiger partial charge in [0.25, 0.3) is 11.8 Å². The summed E-state index contributed by atoms with van der Waals surface area (Å²) < 4.78 is 4.95. The molecule has 0 aliphatic heterocycles. The monoisotopic (exact) mass is 449 g/mol. The molecule has 3 rings (SSSR count). The number of rotatable bonds is 7. The molecule has 0 unspecified atom stereocenters. The minimum atomic E-state index is -0.651. The Bertz CT molecular complexity index is 1150. The Hall–Kier alpha value is -3.97. The third-order valence-corrected chi connectivity index (χ3v) is 4.58. The van der Waals surface area contributed by atoms with Crippen molar-refractivity contribution in [3.8, 4) is 0 Å². The molecule has 2 amide bonds. The fourth-order valence-electron chi connectivity index (χ4n) is 2.72. The highest BCUT2D eigenvalue weighted by atomic mass is 35.5. The summed E-state index contributed by atoms with van der Waals surface area (Å²) in [6, 6.07) is 18.2. The van der Waals surface area contributed by atoms with Gasteiger partial charge in [-0.3, -0.25) is 9.59 Å². The number of nitrogens with one attached hydrogen (secondary N) is 2. The SMILES string of the molecule is CCOC(=O)c1ccc(NC(=O)C(=Cc2cccnc2Cl)C(=O)Nc2ccccc2)cc1. The van der Waals surface area contributed by atoms with Crippen molar-refractivity contribution in [3.05, 3.63) is 94.8 Å². The molecule has 0 spiro atoms. The van der Waals surface area contributed by atoms with E-state index in [1.807, 2.05) is 6.07 Å². The summed E-state index contributed by atoms with van der Waals surface area (Å²) in [6.07, 6.45) is 2.88. The Kier molecular flexibility index (Phi) is 7.72. The molecule has 0 bridgehead atoms. The van der Waals surface area contributed by atoms with Gasteiger partial charge < -0.3 is 15.4 Å². The van der Waals surface area contributed by atoms with Gasteiger partial charge in [-0.1, -0.05) is 35.9 Å². The number of para-hydroxylation sites is 1. The second-order valence-corrected chi connectivity index (χ2v) is 6.87. The number of benzene rings is 2. The van der Waals surface area contributed by atoms with Crippen LogP contribution in [0.5, 0.6) is 0 Å². The van der Waals surface area contributed by atoms with E-state index in [4.69, 9.17) is 16.3 Å². The highest BCUT2D eigenvalue weighted by molar-refractivity contribution is 6.32. The maximum atomic E-state index is 13.0. The van der Waals surface area contributed by atoms with Crippen LogP contribution in [0.3, 0.4) is 0 Å². The van der Waals surface area contributed by atoms with Crippen molar-refractivity contribution < 1.29 is 19.1 Å². The average molecular weight is 450 g/mol. The van der Waals surface area contributed by atoms with Crippen molar-refractivity contribution in [2.24, 2.45) is 0 Å². The molecule has 0 saturated carbocycles. The molecule has 2 aromatic carbocycles. The van der Waals surface area contributed by atoms with Crippen molar-refractivity contribution >= 4 is 46.8 Å². The molecule has 0 radical (unpaired) electrons. The van der Waals surface area contributed by atoms with Crippen molar-refractivity contribution in [2.45, 2.75) is 6.92 Å². The summed E-state index contributed by atoms with van der Waals surface area (Å²) in [5.74, 6) is -1.72. The van der Waals surface area contributed by atoms with Gasteiger partial charge in [0.05, 0.1) is 12.2 Å². The normalized spacial score (nSPS) is 10.9. The first-order valence-corrected chi connectivity index (χ1v) is 10.1. The van der Waals surface area contributed by atoms with Gasteiger partial charge >= 0.3 is 5.97 Å². The van der Waals surface area contributed by atoms with E-state index >= 15 is 0 Å². The molecule has 0 aliphatic rings. The zero-order valence-electron chi connectivity index (χ0n) is 17.2. The number of carbonyl (C=O) groups excluding carboxylic acids is 3. The van der Waals surface area contributed by atoms with Crippen molar-refractivity contribution in [2.75, 3.05) is 17.2 Å². The lowest BCUT2D eigenvalue weighted by Gasteiger charge is -2.11. The van der Waals surface area contributed by atoms with E-state index in [-0.39, 0.29) is 17.3 Å². The molecule has 0 saturated heterocycles. The zero-order chi connectivity index (χ0) is 22.9. The molecular weight excluding hydrogens is 430 g/mol. The van der Waals surface area contributed by atoms with Crippen LogP contribution in [0.2, 0.25) is 5.15 Å². The number of esters is 1. The lowest BCUT2D eigenvalue weighted by Crippen LogP contribution is -2.25. The van der Waals surface area contributed by atoms with Gasteiger partial charge in [0.1, 0.15) is 10.7 Å². The number of amides is 2. The van der Waals surface area contributed by atoms with E-state index in [9.17, 15) is 14.4 Å². The molecule has 162 valence electrons. The van der Waals surface area contributed by atoms with E-state index < -0.39 is 17.8 Å². The third-order valence-electron chi connectivity index (χ3n) is 4.26. The number of hydrogen-bond donors (Lipinski definition) is 2.